The third kappa shape index (κ3) is 2.10. The van der Waals surface area contributed by atoms with Gasteiger partial charge in [-0.2, -0.15) is 5.10 Å². The fourth-order valence-electron chi connectivity index (χ4n) is 1.50. The molecule has 1 aliphatic carbocycles. The Hall–Kier alpha value is -0.830. The number of nitrogens with two attached hydrogens (primary N) is 1. The van der Waals surface area contributed by atoms with E-state index in [-0.39, 0.29) is 6.04 Å². The van der Waals surface area contributed by atoms with Gasteiger partial charge in [0, 0.05) is 24.1 Å². The van der Waals surface area contributed by atoms with Gasteiger partial charge in [-0.3, -0.25) is 5.10 Å². The Bertz CT molecular complexity index is 275. The Morgan fingerprint density at radius 2 is 2.46 bits per heavy atom. The summed E-state index contributed by atoms with van der Waals surface area (Å²) in [6, 6.07) is 2.44. The lowest BCUT2D eigenvalue weighted by Crippen LogP contribution is -2.21. The first-order chi connectivity index (χ1) is 6.29. The van der Waals surface area contributed by atoms with Crippen LogP contribution in [0.5, 0.6) is 0 Å². The highest BCUT2D eigenvalue weighted by Crippen LogP contribution is 2.39. The van der Waals surface area contributed by atoms with Gasteiger partial charge in [-0.15, -0.1) is 0 Å². The van der Waals surface area contributed by atoms with Crippen molar-refractivity contribution in [1.29, 1.82) is 0 Å². The van der Waals surface area contributed by atoms with Crippen LogP contribution in [0.15, 0.2) is 6.07 Å². The Kier molecular flexibility index (Phi) is 2.36. The molecule has 0 amide bonds. The molecule has 1 aromatic rings. The lowest BCUT2D eigenvalue weighted by molar-refractivity contribution is 0.635. The molecule has 3 heteroatoms. The van der Waals surface area contributed by atoms with Crippen LogP contribution >= 0.6 is 0 Å². The lowest BCUT2D eigenvalue weighted by Gasteiger charge is -2.04. The first-order valence-corrected chi connectivity index (χ1v) is 5.09. The minimum atomic E-state index is 0.271. The first kappa shape index (κ1) is 8.75. The molecular weight excluding hydrogens is 162 g/mol. The summed E-state index contributed by atoms with van der Waals surface area (Å²) >= 11 is 0. The molecule has 2 rings (SSSR count). The molecule has 1 fully saturated rings. The molecule has 0 saturated heterocycles. The number of aromatic nitrogens is 2. The van der Waals surface area contributed by atoms with Crippen LogP contribution in [-0.4, -0.2) is 16.2 Å². The average Bonchev–Trinajstić information content (AvgIpc) is 2.88. The number of H-pyrrole nitrogens is 1. The van der Waals surface area contributed by atoms with E-state index in [9.17, 15) is 0 Å². The fourth-order valence-corrected chi connectivity index (χ4v) is 1.50. The number of hydrogen-bond acceptors (Lipinski definition) is 2. The van der Waals surface area contributed by atoms with Crippen molar-refractivity contribution < 1.29 is 0 Å². The number of nitrogens with one attached hydrogen (secondary N) is 1. The summed E-state index contributed by atoms with van der Waals surface area (Å²) in [5.41, 5.74) is 8.28. The van der Waals surface area contributed by atoms with Gasteiger partial charge in [0.25, 0.3) is 0 Å². The van der Waals surface area contributed by atoms with Crippen molar-refractivity contribution in [2.24, 2.45) is 5.73 Å². The third-order valence-corrected chi connectivity index (χ3v) is 2.65. The second-order valence-corrected chi connectivity index (χ2v) is 3.96. The van der Waals surface area contributed by atoms with Crippen molar-refractivity contribution in [2.75, 3.05) is 0 Å². The highest BCUT2D eigenvalue weighted by atomic mass is 15.1. The number of rotatable bonds is 4. The van der Waals surface area contributed by atoms with Gasteiger partial charge in [-0.1, -0.05) is 6.92 Å². The Morgan fingerprint density at radius 3 is 3.08 bits per heavy atom. The molecule has 13 heavy (non-hydrogen) atoms. The van der Waals surface area contributed by atoms with Gasteiger partial charge in [0.1, 0.15) is 0 Å². The summed E-state index contributed by atoms with van der Waals surface area (Å²) in [5.74, 6) is 0.739. The molecule has 0 aromatic carbocycles. The van der Waals surface area contributed by atoms with Gasteiger partial charge in [-0.25, -0.2) is 0 Å². The summed E-state index contributed by atoms with van der Waals surface area (Å²) in [6.07, 6.45) is 4.57. The molecule has 0 radical (unpaired) electrons. The number of nitrogens with zero attached hydrogens (tertiary/aromatic N) is 1. The van der Waals surface area contributed by atoms with Crippen LogP contribution in [0.2, 0.25) is 0 Å². The summed E-state index contributed by atoms with van der Waals surface area (Å²) in [7, 11) is 0. The van der Waals surface area contributed by atoms with E-state index >= 15 is 0 Å². The van der Waals surface area contributed by atoms with Crippen LogP contribution in [-0.2, 0) is 6.42 Å². The molecule has 3 N–H and O–H groups in total. The normalized spacial score (nSPS) is 18.9. The van der Waals surface area contributed by atoms with Gasteiger partial charge in [0.2, 0.25) is 0 Å². The average molecular weight is 179 g/mol. The fraction of sp³-hybridized carbons (Fsp3) is 0.700. The van der Waals surface area contributed by atoms with E-state index in [4.69, 9.17) is 5.73 Å². The van der Waals surface area contributed by atoms with Crippen molar-refractivity contribution in [3.8, 4) is 0 Å². The van der Waals surface area contributed by atoms with E-state index in [1.54, 1.807) is 0 Å². The molecule has 0 spiro atoms. The maximum atomic E-state index is 5.86. The standard InChI is InChI=1S/C10H17N3/c1-2-8(11)5-9-6-10(13-12-9)7-3-4-7/h6-8H,2-5,11H2,1H3,(H,12,13). The molecule has 0 aliphatic heterocycles. The second-order valence-electron chi connectivity index (χ2n) is 3.96. The summed E-state index contributed by atoms with van der Waals surface area (Å²) in [4.78, 5) is 0. The molecule has 3 nitrogen and oxygen atoms in total. The Labute approximate surface area is 78.7 Å². The maximum Gasteiger partial charge on any atom is 0.0655 e. The van der Waals surface area contributed by atoms with E-state index in [1.165, 1.54) is 24.2 Å². The quantitative estimate of drug-likeness (QED) is 0.737. The zero-order valence-electron chi connectivity index (χ0n) is 8.09. The molecule has 1 heterocycles. The van der Waals surface area contributed by atoms with Crippen LogP contribution in [0.3, 0.4) is 0 Å². The highest BCUT2D eigenvalue weighted by Gasteiger charge is 2.26. The van der Waals surface area contributed by atoms with Gasteiger partial charge in [0.05, 0.1) is 5.69 Å². The molecule has 1 saturated carbocycles. The molecule has 72 valence electrons. The topological polar surface area (TPSA) is 54.7 Å². The van der Waals surface area contributed by atoms with E-state index in [0.717, 1.165) is 18.8 Å². The predicted octanol–water partition coefficient (Wildman–Crippen LogP) is 1.57. The van der Waals surface area contributed by atoms with Crippen LogP contribution in [0.25, 0.3) is 0 Å². The minimum Gasteiger partial charge on any atom is -0.327 e. The SMILES string of the molecule is CCC(N)Cc1cc(C2CC2)n[nH]1. The highest BCUT2D eigenvalue weighted by molar-refractivity contribution is 5.17. The lowest BCUT2D eigenvalue weighted by atomic mass is 10.1. The minimum absolute atomic E-state index is 0.271. The van der Waals surface area contributed by atoms with E-state index in [1.807, 2.05) is 0 Å². The van der Waals surface area contributed by atoms with Gasteiger partial charge < -0.3 is 5.73 Å². The molecular formula is C10H17N3. The summed E-state index contributed by atoms with van der Waals surface area (Å²) in [6.45, 7) is 2.11. The predicted molar refractivity (Wildman–Crippen MR) is 52.5 cm³/mol. The molecule has 1 aliphatic rings. The van der Waals surface area contributed by atoms with Gasteiger partial charge in [0.15, 0.2) is 0 Å². The van der Waals surface area contributed by atoms with Crippen LogP contribution in [0.1, 0.15) is 43.5 Å². The molecule has 1 aromatic heterocycles. The maximum absolute atomic E-state index is 5.86. The smallest absolute Gasteiger partial charge is 0.0655 e. The van der Waals surface area contributed by atoms with Crippen LogP contribution in [0.4, 0.5) is 0 Å². The van der Waals surface area contributed by atoms with Crippen molar-refractivity contribution in [1.82, 2.24) is 10.2 Å². The third-order valence-electron chi connectivity index (χ3n) is 2.65. The summed E-state index contributed by atoms with van der Waals surface area (Å²) < 4.78 is 0. The Morgan fingerprint density at radius 1 is 1.69 bits per heavy atom. The van der Waals surface area contributed by atoms with Crippen LogP contribution in [0, 0.1) is 0 Å². The van der Waals surface area contributed by atoms with Crippen molar-refractivity contribution in [3.05, 3.63) is 17.5 Å². The van der Waals surface area contributed by atoms with Crippen molar-refractivity contribution in [3.63, 3.8) is 0 Å². The molecule has 1 atom stereocenters. The van der Waals surface area contributed by atoms with Crippen LogP contribution < -0.4 is 5.73 Å². The van der Waals surface area contributed by atoms with Crippen molar-refractivity contribution in [2.45, 2.75) is 44.6 Å². The largest absolute Gasteiger partial charge is 0.327 e. The van der Waals surface area contributed by atoms with E-state index in [0.29, 0.717) is 0 Å². The molecule has 0 bridgehead atoms. The number of aromatic amines is 1. The van der Waals surface area contributed by atoms with E-state index in [2.05, 4.69) is 23.2 Å². The second kappa shape index (κ2) is 3.50. The zero-order chi connectivity index (χ0) is 9.26. The zero-order valence-corrected chi connectivity index (χ0v) is 8.09. The number of hydrogen-bond donors (Lipinski definition) is 2. The van der Waals surface area contributed by atoms with Gasteiger partial charge >= 0.3 is 0 Å². The monoisotopic (exact) mass is 179 g/mol. The Balaban J connectivity index is 1.96. The summed E-state index contributed by atoms with van der Waals surface area (Å²) in [5, 5.41) is 7.35. The van der Waals surface area contributed by atoms with Gasteiger partial charge in [-0.05, 0) is 25.3 Å². The van der Waals surface area contributed by atoms with Crippen molar-refractivity contribution >= 4 is 0 Å². The first-order valence-electron chi connectivity index (χ1n) is 5.09. The van der Waals surface area contributed by atoms with E-state index < -0.39 is 0 Å². The molecule has 1 unspecified atom stereocenters.